The number of anilines is 2. The summed E-state index contributed by atoms with van der Waals surface area (Å²) in [4.78, 5) is 44.0. The lowest BCUT2D eigenvalue weighted by Gasteiger charge is -2.12. The van der Waals surface area contributed by atoms with Crippen LogP contribution in [0.3, 0.4) is 0 Å². The summed E-state index contributed by atoms with van der Waals surface area (Å²) in [6, 6.07) is 26.4. The molecule has 11 heteroatoms. The Kier molecular flexibility index (Phi) is 9.79. The molecule has 3 N–H and O–H groups in total. The van der Waals surface area contributed by atoms with Crippen LogP contribution in [-0.2, 0) is 9.59 Å². The molecular weight excluding hydrogens is 623 g/mol. The number of thioether (sulfide) groups is 1. The van der Waals surface area contributed by atoms with Crippen molar-refractivity contribution in [3.63, 3.8) is 0 Å². The number of fused-ring (bicyclic) bond motifs is 1. The van der Waals surface area contributed by atoms with Gasteiger partial charge in [0, 0.05) is 26.2 Å². The molecule has 3 amide bonds. The van der Waals surface area contributed by atoms with Gasteiger partial charge in [0.15, 0.2) is 5.13 Å². The van der Waals surface area contributed by atoms with E-state index >= 15 is 0 Å². The van der Waals surface area contributed by atoms with Gasteiger partial charge in [-0.15, -0.1) is 11.8 Å². The molecule has 0 atom stereocenters. The molecule has 0 unspecified atom stereocenters. The monoisotopic (exact) mass is 646 g/mol. The fraction of sp³-hybridized carbons (Fsp3) is 0.0625. The predicted molar refractivity (Wildman–Crippen MR) is 177 cm³/mol. The van der Waals surface area contributed by atoms with E-state index in [9.17, 15) is 14.4 Å². The van der Waals surface area contributed by atoms with Crippen molar-refractivity contribution in [1.29, 1.82) is 0 Å². The molecule has 5 rings (SSSR count). The second-order valence-corrected chi connectivity index (χ2v) is 12.3. The maximum Gasteiger partial charge on any atom is 0.272 e. The Morgan fingerprint density at radius 2 is 1.67 bits per heavy atom. The van der Waals surface area contributed by atoms with Gasteiger partial charge in [0.25, 0.3) is 11.8 Å². The Balaban J connectivity index is 1.22. The van der Waals surface area contributed by atoms with Crippen molar-refractivity contribution in [3.05, 3.63) is 123 Å². The molecule has 0 spiro atoms. The first-order valence-corrected chi connectivity index (χ1v) is 15.5. The number of aromatic nitrogens is 1. The second-order valence-electron chi connectivity index (χ2n) is 9.35. The molecule has 1 heterocycles. The van der Waals surface area contributed by atoms with Gasteiger partial charge in [-0.05, 0) is 84.8 Å². The molecule has 1 aromatic heterocycles. The lowest BCUT2D eigenvalue weighted by atomic mass is 10.1. The molecule has 7 nitrogen and oxygen atoms in total. The smallest absolute Gasteiger partial charge is 0.272 e. The quantitative estimate of drug-likeness (QED) is 0.111. The molecule has 0 saturated heterocycles. The maximum atomic E-state index is 13.3. The zero-order valence-electron chi connectivity index (χ0n) is 22.7. The normalized spacial score (nSPS) is 11.3. The van der Waals surface area contributed by atoms with E-state index in [0.29, 0.717) is 32.0 Å². The number of amides is 3. The highest BCUT2D eigenvalue weighted by atomic mass is 35.5. The standard InChI is InChI=1S/C32H24Cl2N4O3S2/c1-19-7-14-26-28(15-19)43-32(37-26)38-29(39)18-42-24-12-10-23(11-13-24)35-31(41)27(16-21-8-9-22(33)17-25(21)34)36-30(40)20-5-3-2-4-6-20/h2-17H,18H2,1H3,(H,35,41)(H,36,40)(H,37,38,39)/b27-16-. The van der Waals surface area contributed by atoms with Gasteiger partial charge in [0.05, 0.1) is 16.0 Å². The third-order valence-corrected chi connectivity index (χ3v) is 8.57. The van der Waals surface area contributed by atoms with E-state index in [1.165, 1.54) is 29.2 Å². The van der Waals surface area contributed by atoms with Crippen LogP contribution in [0.2, 0.25) is 10.0 Å². The second kappa shape index (κ2) is 13.9. The minimum atomic E-state index is -0.541. The summed E-state index contributed by atoms with van der Waals surface area (Å²) < 4.78 is 1.02. The zero-order valence-corrected chi connectivity index (χ0v) is 25.8. The van der Waals surface area contributed by atoms with Crippen molar-refractivity contribution in [2.24, 2.45) is 0 Å². The van der Waals surface area contributed by atoms with Gasteiger partial charge in [0.1, 0.15) is 5.70 Å². The van der Waals surface area contributed by atoms with Crippen molar-refractivity contribution in [1.82, 2.24) is 10.3 Å². The van der Waals surface area contributed by atoms with Crippen LogP contribution in [0.4, 0.5) is 10.8 Å². The Morgan fingerprint density at radius 1 is 0.907 bits per heavy atom. The van der Waals surface area contributed by atoms with Crippen LogP contribution < -0.4 is 16.0 Å². The third-order valence-electron chi connectivity index (χ3n) is 6.06. The van der Waals surface area contributed by atoms with Crippen LogP contribution in [0, 0.1) is 6.92 Å². The number of hydrogen-bond donors (Lipinski definition) is 3. The summed E-state index contributed by atoms with van der Waals surface area (Å²) in [5.74, 6) is -0.955. The highest BCUT2D eigenvalue weighted by molar-refractivity contribution is 8.00. The fourth-order valence-corrected chi connectivity index (χ4v) is 6.08. The van der Waals surface area contributed by atoms with Gasteiger partial charge in [-0.25, -0.2) is 4.98 Å². The Morgan fingerprint density at radius 3 is 2.42 bits per heavy atom. The maximum absolute atomic E-state index is 13.3. The number of benzene rings is 4. The molecule has 0 radical (unpaired) electrons. The summed E-state index contributed by atoms with van der Waals surface area (Å²) in [5.41, 5.74) is 3.40. The van der Waals surface area contributed by atoms with Crippen molar-refractivity contribution in [2.75, 3.05) is 16.4 Å². The summed E-state index contributed by atoms with van der Waals surface area (Å²) in [7, 11) is 0. The Bertz CT molecular complexity index is 1840. The van der Waals surface area contributed by atoms with Gasteiger partial charge >= 0.3 is 0 Å². The van der Waals surface area contributed by atoms with E-state index in [2.05, 4.69) is 20.9 Å². The Hall–Kier alpha value is -4.15. The topological polar surface area (TPSA) is 100 Å². The highest BCUT2D eigenvalue weighted by Gasteiger charge is 2.16. The lowest BCUT2D eigenvalue weighted by Crippen LogP contribution is -2.30. The van der Waals surface area contributed by atoms with E-state index in [1.54, 1.807) is 72.8 Å². The number of nitrogens with zero attached hydrogens (tertiary/aromatic N) is 1. The van der Waals surface area contributed by atoms with Crippen LogP contribution in [0.1, 0.15) is 21.5 Å². The molecule has 0 fully saturated rings. The predicted octanol–water partition coefficient (Wildman–Crippen LogP) is 8.05. The van der Waals surface area contributed by atoms with Gasteiger partial charge in [-0.2, -0.15) is 0 Å². The number of aryl methyl sites for hydroxylation is 1. The number of nitrogens with one attached hydrogen (secondary N) is 3. The van der Waals surface area contributed by atoms with E-state index in [0.717, 1.165) is 20.7 Å². The number of hydrogen-bond acceptors (Lipinski definition) is 6. The van der Waals surface area contributed by atoms with Crippen LogP contribution in [0.25, 0.3) is 16.3 Å². The van der Waals surface area contributed by atoms with E-state index in [4.69, 9.17) is 23.2 Å². The van der Waals surface area contributed by atoms with Gasteiger partial charge in [0.2, 0.25) is 5.91 Å². The van der Waals surface area contributed by atoms with Crippen LogP contribution in [0.5, 0.6) is 0 Å². The van der Waals surface area contributed by atoms with Crippen LogP contribution >= 0.6 is 46.3 Å². The summed E-state index contributed by atoms with van der Waals surface area (Å²) in [6.07, 6.45) is 1.49. The zero-order chi connectivity index (χ0) is 30.3. The van der Waals surface area contributed by atoms with E-state index in [1.807, 2.05) is 25.1 Å². The van der Waals surface area contributed by atoms with E-state index < -0.39 is 11.8 Å². The molecule has 4 aromatic carbocycles. The van der Waals surface area contributed by atoms with Gasteiger partial charge in [-0.1, -0.05) is 64.9 Å². The number of rotatable bonds is 9. The number of halogens is 2. The molecule has 0 aliphatic rings. The largest absolute Gasteiger partial charge is 0.321 e. The first-order valence-electron chi connectivity index (χ1n) is 13.0. The van der Waals surface area contributed by atoms with Gasteiger partial charge in [-0.3, -0.25) is 14.4 Å². The minimum Gasteiger partial charge on any atom is -0.321 e. The Labute approximate surface area is 266 Å². The first kappa shape index (κ1) is 30.3. The fourth-order valence-electron chi connectivity index (χ4n) is 3.94. The third kappa shape index (κ3) is 8.24. The average Bonchev–Trinajstić information content (AvgIpc) is 3.39. The molecule has 0 aliphatic carbocycles. The van der Waals surface area contributed by atoms with E-state index in [-0.39, 0.29) is 17.4 Å². The number of carbonyl (C=O) groups is 3. The minimum absolute atomic E-state index is 0.00166. The summed E-state index contributed by atoms with van der Waals surface area (Å²) in [6.45, 7) is 2.02. The van der Waals surface area contributed by atoms with Crippen LogP contribution in [-0.4, -0.2) is 28.5 Å². The SMILES string of the molecule is Cc1ccc2nc(NC(=O)CSc3ccc(NC(=O)/C(=C/c4ccc(Cl)cc4Cl)NC(=O)c4ccccc4)cc3)sc2c1. The summed E-state index contributed by atoms with van der Waals surface area (Å²) >= 11 is 15.1. The van der Waals surface area contributed by atoms with Crippen LogP contribution in [0.15, 0.2) is 102 Å². The summed E-state index contributed by atoms with van der Waals surface area (Å²) in [5, 5.41) is 9.69. The molecular formula is C32H24Cl2N4O3S2. The van der Waals surface area contributed by atoms with Crippen molar-refractivity contribution in [3.8, 4) is 0 Å². The molecule has 0 aliphatic heterocycles. The van der Waals surface area contributed by atoms with Crippen molar-refractivity contribution < 1.29 is 14.4 Å². The van der Waals surface area contributed by atoms with Crippen molar-refractivity contribution in [2.45, 2.75) is 11.8 Å². The van der Waals surface area contributed by atoms with Crippen molar-refractivity contribution >= 4 is 91.1 Å². The first-order chi connectivity index (χ1) is 20.7. The number of thiazole rings is 1. The number of carbonyl (C=O) groups excluding carboxylic acids is 3. The molecule has 216 valence electrons. The molecule has 5 aromatic rings. The highest BCUT2D eigenvalue weighted by Crippen LogP contribution is 2.28. The van der Waals surface area contributed by atoms with Gasteiger partial charge < -0.3 is 16.0 Å². The lowest BCUT2D eigenvalue weighted by molar-refractivity contribution is -0.114. The molecule has 0 bridgehead atoms. The molecule has 43 heavy (non-hydrogen) atoms. The average molecular weight is 648 g/mol. The molecule has 0 saturated carbocycles.